The Hall–Kier alpha value is -2.60. The van der Waals surface area contributed by atoms with Gasteiger partial charge in [0, 0.05) is 0 Å². The van der Waals surface area contributed by atoms with Gasteiger partial charge in [0.15, 0.2) is 0 Å². The van der Waals surface area contributed by atoms with Gasteiger partial charge in [-0.2, -0.15) is 0 Å². The van der Waals surface area contributed by atoms with Gasteiger partial charge in [0.25, 0.3) is 0 Å². The largest absolute Gasteiger partial charge is 0.0955 e. The van der Waals surface area contributed by atoms with Gasteiger partial charge in [0.2, 0.25) is 0 Å². The molecule has 116 valence electrons. The van der Waals surface area contributed by atoms with Gasteiger partial charge in [0.05, 0.1) is 0 Å². The Kier molecular flexibility index (Phi) is 5.94. The van der Waals surface area contributed by atoms with Gasteiger partial charge in [-0.1, -0.05) is 91.0 Å². The normalized spacial score (nSPS) is 11.5. The van der Waals surface area contributed by atoms with E-state index in [1.807, 2.05) is 13.0 Å². The summed E-state index contributed by atoms with van der Waals surface area (Å²) in [6, 6.07) is 21.1. The summed E-state index contributed by atoms with van der Waals surface area (Å²) in [5, 5.41) is 2.46. The van der Waals surface area contributed by atoms with E-state index >= 15 is 0 Å². The molecule has 0 aliphatic carbocycles. The number of fused-ring (bicyclic) bond motifs is 1. The molecule has 23 heavy (non-hydrogen) atoms. The molecule has 0 aromatic heterocycles. The standard InChI is InChI=1S/C23H24/c1-5-6-13-19(4)21-15-10-8-7-9-14-20(18(2)3)22-16-11-12-17-23(21)22/h5-17H,2H2,1,3-4H3/b6-5-,8-7?,9-7?,10-8?,14-9?,15-10?,19-13+,20-14?,21-15?,22-20?,23-21?. The Balaban J connectivity index is 2.98. The Labute approximate surface area is 139 Å². The van der Waals surface area contributed by atoms with Crippen LogP contribution >= 0.6 is 0 Å². The van der Waals surface area contributed by atoms with Crippen molar-refractivity contribution >= 4 is 21.9 Å². The SMILES string of the molecule is C=C(C)c1ccccccc(/C(C)=C/C=C\C)c2ccccc12. The third kappa shape index (κ3) is 4.20. The molecule has 0 saturated carbocycles. The van der Waals surface area contributed by atoms with Crippen LogP contribution in [0.2, 0.25) is 0 Å². The second-order valence-electron chi connectivity index (χ2n) is 5.63. The minimum absolute atomic E-state index is 1.07. The first-order valence-electron chi connectivity index (χ1n) is 7.96. The van der Waals surface area contributed by atoms with Crippen LogP contribution in [0.15, 0.2) is 85.5 Å². The average Bonchev–Trinajstić information content (AvgIpc) is 2.56. The lowest BCUT2D eigenvalue weighted by molar-refractivity contribution is 1.60. The minimum atomic E-state index is 1.07. The van der Waals surface area contributed by atoms with E-state index in [2.05, 4.69) is 93.2 Å². The molecule has 2 aromatic carbocycles. The maximum absolute atomic E-state index is 4.16. The topological polar surface area (TPSA) is 0 Å². The zero-order valence-electron chi connectivity index (χ0n) is 14.2. The molecule has 2 rings (SSSR count). The van der Waals surface area contributed by atoms with Crippen LogP contribution in [0.5, 0.6) is 0 Å². The van der Waals surface area contributed by atoms with Crippen molar-refractivity contribution < 1.29 is 0 Å². The number of hydrogen-bond acceptors (Lipinski definition) is 0. The van der Waals surface area contributed by atoms with Crippen molar-refractivity contribution in [1.29, 1.82) is 0 Å². The van der Waals surface area contributed by atoms with E-state index in [0.717, 1.165) is 5.57 Å². The molecule has 0 aliphatic rings. The smallest absolute Gasteiger partial charge is 0.0103 e. The number of allylic oxidation sites excluding steroid dienone is 5. The second-order valence-corrected chi connectivity index (χ2v) is 5.63. The van der Waals surface area contributed by atoms with Gasteiger partial charge in [-0.05, 0) is 48.2 Å². The van der Waals surface area contributed by atoms with Crippen molar-refractivity contribution in [2.45, 2.75) is 20.8 Å². The van der Waals surface area contributed by atoms with Gasteiger partial charge in [0.1, 0.15) is 0 Å². The molecule has 2 aromatic rings. The van der Waals surface area contributed by atoms with E-state index < -0.39 is 0 Å². The van der Waals surface area contributed by atoms with Crippen LogP contribution in [0.3, 0.4) is 0 Å². The van der Waals surface area contributed by atoms with Crippen LogP contribution in [0.4, 0.5) is 0 Å². The van der Waals surface area contributed by atoms with E-state index in [0.29, 0.717) is 0 Å². The highest BCUT2D eigenvalue weighted by Crippen LogP contribution is 2.27. The van der Waals surface area contributed by atoms with Crippen LogP contribution in [0, 0.1) is 0 Å². The molecule has 0 spiro atoms. The monoisotopic (exact) mass is 300 g/mol. The fourth-order valence-electron chi connectivity index (χ4n) is 2.61. The molecule has 0 unspecified atom stereocenters. The van der Waals surface area contributed by atoms with Gasteiger partial charge >= 0.3 is 0 Å². The Morgan fingerprint density at radius 3 is 1.87 bits per heavy atom. The zero-order chi connectivity index (χ0) is 16.7. The lowest BCUT2D eigenvalue weighted by Gasteiger charge is -2.08. The minimum Gasteiger partial charge on any atom is -0.0955 e. The van der Waals surface area contributed by atoms with Crippen molar-refractivity contribution in [2.24, 2.45) is 0 Å². The summed E-state index contributed by atoms with van der Waals surface area (Å²) in [5.41, 5.74) is 4.72. The quantitative estimate of drug-likeness (QED) is 0.536. The fourth-order valence-corrected chi connectivity index (χ4v) is 2.61. The van der Waals surface area contributed by atoms with Crippen molar-refractivity contribution in [3.05, 3.63) is 96.6 Å². The summed E-state index contributed by atoms with van der Waals surface area (Å²) in [5.74, 6) is 0. The van der Waals surface area contributed by atoms with Gasteiger partial charge in [-0.15, -0.1) is 0 Å². The van der Waals surface area contributed by atoms with Crippen molar-refractivity contribution in [3.8, 4) is 0 Å². The summed E-state index contributed by atoms with van der Waals surface area (Å²) >= 11 is 0. The maximum atomic E-state index is 4.16. The summed E-state index contributed by atoms with van der Waals surface area (Å²) in [6.45, 7) is 10.4. The first-order valence-corrected chi connectivity index (χ1v) is 7.96. The summed E-state index contributed by atoms with van der Waals surface area (Å²) in [4.78, 5) is 0. The van der Waals surface area contributed by atoms with Crippen LogP contribution in [-0.2, 0) is 0 Å². The lowest BCUT2D eigenvalue weighted by Crippen LogP contribution is -1.84. The highest BCUT2D eigenvalue weighted by Gasteiger charge is 2.03. The summed E-state index contributed by atoms with van der Waals surface area (Å²) in [6.07, 6.45) is 6.28. The number of benzene rings is 1. The Morgan fingerprint density at radius 2 is 1.30 bits per heavy atom. The molecule has 0 amide bonds. The molecule has 0 radical (unpaired) electrons. The molecular formula is C23H24. The summed E-state index contributed by atoms with van der Waals surface area (Å²) < 4.78 is 0. The van der Waals surface area contributed by atoms with Crippen LogP contribution in [-0.4, -0.2) is 0 Å². The predicted molar refractivity (Wildman–Crippen MR) is 105 cm³/mol. The highest BCUT2D eigenvalue weighted by atomic mass is 14.1. The molecule has 0 heteroatoms. The van der Waals surface area contributed by atoms with Crippen LogP contribution < -0.4 is 0 Å². The third-order valence-corrected chi connectivity index (χ3v) is 3.79. The van der Waals surface area contributed by atoms with E-state index in [4.69, 9.17) is 0 Å². The van der Waals surface area contributed by atoms with Crippen molar-refractivity contribution in [1.82, 2.24) is 0 Å². The molecule has 0 atom stereocenters. The first-order chi connectivity index (χ1) is 11.1. The molecule has 0 heterocycles. The van der Waals surface area contributed by atoms with E-state index in [1.54, 1.807) is 0 Å². The fraction of sp³-hybridized carbons (Fsp3) is 0.130. The third-order valence-electron chi connectivity index (χ3n) is 3.79. The average molecular weight is 300 g/mol. The molecule has 0 saturated heterocycles. The van der Waals surface area contributed by atoms with Gasteiger partial charge in [-0.3, -0.25) is 0 Å². The maximum Gasteiger partial charge on any atom is -0.0103 e. The second kappa shape index (κ2) is 8.14. The van der Waals surface area contributed by atoms with Gasteiger partial charge in [-0.25, -0.2) is 0 Å². The molecule has 0 nitrogen and oxygen atoms in total. The van der Waals surface area contributed by atoms with E-state index in [9.17, 15) is 0 Å². The van der Waals surface area contributed by atoms with E-state index in [-0.39, 0.29) is 0 Å². The van der Waals surface area contributed by atoms with Crippen LogP contribution in [0.1, 0.15) is 31.9 Å². The molecule has 0 fully saturated rings. The Morgan fingerprint density at radius 1 is 0.783 bits per heavy atom. The predicted octanol–water partition coefficient (Wildman–Crippen LogP) is 6.98. The van der Waals surface area contributed by atoms with E-state index in [1.165, 1.54) is 27.5 Å². The van der Waals surface area contributed by atoms with Gasteiger partial charge < -0.3 is 0 Å². The van der Waals surface area contributed by atoms with Crippen LogP contribution in [0.25, 0.3) is 21.9 Å². The summed E-state index contributed by atoms with van der Waals surface area (Å²) in [7, 11) is 0. The molecule has 0 bridgehead atoms. The molecular weight excluding hydrogens is 276 g/mol. The first kappa shape index (κ1) is 16.8. The number of hydrogen-bond donors (Lipinski definition) is 0. The Bertz CT molecular complexity index is 817. The zero-order valence-corrected chi connectivity index (χ0v) is 14.2. The highest BCUT2D eigenvalue weighted by molar-refractivity contribution is 5.98. The number of rotatable bonds is 3. The van der Waals surface area contributed by atoms with Crippen molar-refractivity contribution in [2.75, 3.05) is 0 Å². The van der Waals surface area contributed by atoms with Crippen molar-refractivity contribution in [3.63, 3.8) is 0 Å². The lowest BCUT2D eigenvalue weighted by atomic mass is 9.96. The molecule has 0 N–H and O–H groups in total. The molecule has 0 aliphatic heterocycles.